The third-order valence-electron chi connectivity index (χ3n) is 2.32. The minimum atomic E-state index is -2.93. The van der Waals surface area contributed by atoms with E-state index in [1.165, 1.54) is 0 Å². The van der Waals surface area contributed by atoms with Gasteiger partial charge in [-0.2, -0.15) is 0 Å². The zero-order chi connectivity index (χ0) is 10.8. The molecule has 0 bridgehead atoms. The van der Waals surface area contributed by atoms with E-state index in [4.69, 9.17) is 0 Å². The number of hydrogen-bond acceptors (Lipinski definition) is 4. The quantitative estimate of drug-likeness (QED) is 0.638. The zero-order valence-electron chi connectivity index (χ0n) is 8.49. The van der Waals surface area contributed by atoms with Crippen molar-refractivity contribution in [3.8, 4) is 0 Å². The lowest BCUT2D eigenvalue weighted by Gasteiger charge is -2.33. The van der Waals surface area contributed by atoms with Gasteiger partial charge in [-0.25, -0.2) is 8.42 Å². The molecular formula is C8H16N2O3S. The Hall–Kier alpha value is -0.620. The average Bonchev–Trinajstić information content (AvgIpc) is 2.02. The molecule has 0 saturated carbocycles. The molecule has 82 valence electrons. The van der Waals surface area contributed by atoms with Crippen molar-refractivity contribution >= 4 is 15.7 Å². The predicted molar refractivity (Wildman–Crippen MR) is 53.8 cm³/mol. The average molecular weight is 220 g/mol. The van der Waals surface area contributed by atoms with Gasteiger partial charge in [0.05, 0.1) is 18.1 Å². The van der Waals surface area contributed by atoms with Crippen molar-refractivity contribution in [1.29, 1.82) is 0 Å². The molecule has 1 saturated heterocycles. The second-order valence-electron chi connectivity index (χ2n) is 3.58. The number of likely N-dealkylation sites (N-methyl/N-ethyl adjacent to an activating group) is 1. The van der Waals surface area contributed by atoms with E-state index >= 15 is 0 Å². The first-order chi connectivity index (χ1) is 6.46. The molecule has 0 aromatic carbocycles. The maximum Gasteiger partial charge on any atom is 0.236 e. The minimum absolute atomic E-state index is 0.0325. The van der Waals surface area contributed by atoms with Crippen LogP contribution in [-0.2, 0) is 14.6 Å². The van der Waals surface area contributed by atoms with Gasteiger partial charge in [0.2, 0.25) is 5.91 Å². The van der Waals surface area contributed by atoms with Crippen LogP contribution in [0.1, 0.15) is 6.92 Å². The number of amides is 1. The highest BCUT2D eigenvalue weighted by atomic mass is 32.2. The van der Waals surface area contributed by atoms with Gasteiger partial charge in [-0.05, 0) is 14.0 Å². The Morgan fingerprint density at radius 1 is 1.57 bits per heavy atom. The van der Waals surface area contributed by atoms with Crippen molar-refractivity contribution in [2.24, 2.45) is 0 Å². The number of rotatable bonds is 2. The number of hydrogen-bond donors (Lipinski definition) is 1. The van der Waals surface area contributed by atoms with E-state index in [2.05, 4.69) is 5.32 Å². The van der Waals surface area contributed by atoms with Crippen LogP contribution in [0.2, 0.25) is 0 Å². The van der Waals surface area contributed by atoms with Crippen LogP contribution < -0.4 is 5.32 Å². The molecule has 1 fully saturated rings. The van der Waals surface area contributed by atoms with Gasteiger partial charge in [0.1, 0.15) is 0 Å². The van der Waals surface area contributed by atoms with Gasteiger partial charge in [0.25, 0.3) is 0 Å². The molecule has 1 aliphatic heterocycles. The van der Waals surface area contributed by atoms with E-state index in [-0.39, 0.29) is 30.0 Å². The highest BCUT2D eigenvalue weighted by Crippen LogP contribution is 2.10. The van der Waals surface area contributed by atoms with Crippen LogP contribution in [0.3, 0.4) is 0 Å². The Balaban J connectivity index is 2.62. The van der Waals surface area contributed by atoms with Crippen LogP contribution in [0.25, 0.3) is 0 Å². The van der Waals surface area contributed by atoms with Crippen molar-refractivity contribution < 1.29 is 13.2 Å². The van der Waals surface area contributed by atoms with Crippen LogP contribution in [0, 0.1) is 0 Å². The van der Waals surface area contributed by atoms with Crippen LogP contribution in [0.15, 0.2) is 0 Å². The molecule has 1 atom stereocenters. The third kappa shape index (κ3) is 2.68. The number of carbonyl (C=O) groups excluding carboxylic acids is 1. The Bertz CT molecular complexity index is 313. The van der Waals surface area contributed by atoms with Crippen molar-refractivity contribution in [1.82, 2.24) is 10.2 Å². The molecule has 0 aromatic heterocycles. The zero-order valence-corrected chi connectivity index (χ0v) is 9.30. The molecule has 1 amide bonds. The summed E-state index contributed by atoms with van der Waals surface area (Å²) in [4.78, 5) is 13.1. The largest absolute Gasteiger partial charge is 0.337 e. The van der Waals surface area contributed by atoms with Gasteiger partial charge in [-0.3, -0.25) is 4.79 Å². The lowest BCUT2D eigenvalue weighted by Crippen LogP contribution is -2.51. The molecule has 0 radical (unpaired) electrons. The highest BCUT2D eigenvalue weighted by Gasteiger charge is 2.30. The lowest BCUT2D eigenvalue weighted by atomic mass is 10.3. The van der Waals surface area contributed by atoms with E-state index in [0.29, 0.717) is 6.54 Å². The summed E-state index contributed by atoms with van der Waals surface area (Å²) < 4.78 is 22.5. The molecule has 1 heterocycles. The molecule has 6 heteroatoms. The number of carbonyl (C=O) groups is 1. The highest BCUT2D eigenvalue weighted by molar-refractivity contribution is 7.91. The van der Waals surface area contributed by atoms with Gasteiger partial charge < -0.3 is 10.2 Å². The lowest BCUT2D eigenvalue weighted by molar-refractivity contribution is -0.131. The van der Waals surface area contributed by atoms with Gasteiger partial charge in [-0.1, -0.05) is 0 Å². The Kier molecular flexibility index (Phi) is 3.49. The molecule has 0 aliphatic carbocycles. The summed E-state index contributed by atoms with van der Waals surface area (Å²) in [5.41, 5.74) is 0. The second-order valence-corrected chi connectivity index (χ2v) is 5.81. The van der Waals surface area contributed by atoms with Gasteiger partial charge >= 0.3 is 0 Å². The van der Waals surface area contributed by atoms with Crippen LogP contribution in [0.5, 0.6) is 0 Å². The van der Waals surface area contributed by atoms with Crippen LogP contribution in [0.4, 0.5) is 0 Å². The van der Waals surface area contributed by atoms with Crippen molar-refractivity contribution in [3.05, 3.63) is 0 Å². The molecule has 1 N–H and O–H groups in total. The second kappa shape index (κ2) is 4.27. The first-order valence-corrected chi connectivity index (χ1v) is 6.43. The molecular weight excluding hydrogens is 204 g/mol. The van der Waals surface area contributed by atoms with Crippen molar-refractivity contribution in [2.45, 2.75) is 13.0 Å². The summed E-state index contributed by atoms with van der Waals surface area (Å²) in [6.45, 7) is 2.36. The summed E-state index contributed by atoms with van der Waals surface area (Å²) in [6, 6.07) is -0.199. The van der Waals surface area contributed by atoms with Gasteiger partial charge in [0.15, 0.2) is 9.84 Å². The fraction of sp³-hybridized carbons (Fsp3) is 0.875. The third-order valence-corrected chi connectivity index (χ3v) is 4.11. The van der Waals surface area contributed by atoms with Crippen LogP contribution >= 0.6 is 0 Å². The molecule has 1 aliphatic rings. The number of sulfone groups is 1. The standard InChI is InChI=1S/C8H16N2O3S/c1-7-6-14(12,13)4-3-10(7)8(11)5-9-2/h7,9H,3-6H2,1-2H3. The molecule has 0 aromatic rings. The topological polar surface area (TPSA) is 66.5 Å². The maximum atomic E-state index is 11.5. The Labute approximate surface area is 84.4 Å². The maximum absolute atomic E-state index is 11.5. The number of nitrogens with one attached hydrogen (secondary N) is 1. The van der Waals surface area contributed by atoms with Gasteiger partial charge in [-0.15, -0.1) is 0 Å². The molecule has 5 nitrogen and oxygen atoms in total. The van der Waals surface area contributed by atoms with Gasteiger partial charge in [0, 0.05) is 12.6 Å². The summed E-state index contributed by atoms with van der Waals surface area (Å²) in [7, 11) is -1.23. The first-order valence-electron chi connectivity index (χ1n) is 4.61. The van der Waals surface area contributed by atoms with Crippen molar-refractivity contribution in [3.63, 3.8) is 0 Å². The van der Waals surface area contributed by atoms with E-state index < -0.39 is 9.84 Å². The summed E-state index contributed by atoms with van der Waals surface area (Å²) in [5.74, 6) is 0.143. The molecule has 1 unspecified atom stereocenters. The van der Waals surface area contributed by atoms with E-state index in [0.717, 1.165) is 0 Å². The molecule has 1 rings (SSSR count). The Morgan fingerprint density at radius 2 is 2.21 bits per heavy atom. The van der Waals surface area contributed by atoms with Crippen molar-refractivity contribution in [2.75, 3.05) is 31.6 Å². The molecule has 0 spiro atoms. The van der Waals surface area contributed by atoms with Crippen LogP contribution in [-0.4, -0.2) is 56.9 Å². The smallest absolute Gasteiger partial charge is 0.236 e. The molecule has 14 heavy (non-hydrogen) atoms. The number of nitrogens with zero attached hydrogens (tertiary/aromatic N) is 1. The normalized spacial score (nSPS) is 26.1. The summed E-state index contributed by atoms with van der Waals surface area (Å²) in [5, 5.41) is 2.77. The monoisotopic (exact) mass is 220 g/mol. The van der Waals surface area contributed by atoms with E-state index in [9.17, 15) is 13.2 Å². The fourth-order valence-electron chi connectivity index (χ4n) is 1.62. The fourth-order valence-corrected chi connectivity index (χ4v) is 3.18. The summed E-state index contributed by atoms with van der Waals surface area (Å²) in [6.07, 6.45) is 0. The SMILES string of the molecule is CNCC(=O)N1CCS(=O)(=O)CC1C. The summed E-state index contributed by atoms with van der Waals surface area (Å²) >= 11 is 0. The van der Waals surface area contributed by atoms with E-state index in [1.807, 2.05) is 0 Å². The predicted octanol–water partition coefficient (Wildman–Crippen LogP) is -1.15. The van der Waals surface area contributed by atoms with E-state index in [1.54, 1.807) is 18.9 Å². The minimum Gasteiger partial charge on any atom is -0.337 e. The first kappa shape index (κ1) is 11.5. The Morgan fingerprint density at radius 3 is 2.71 bits per heavy atom.